The van der Waals surface area contributed by atoms with Gasteiger partial charge in [-0.25, -0.2) is 0 Å². The summed E-state index contributed by atoms with van der Waals surface area (Å²) >= 11 is 0. The molecule has 2 aromatic rings. The van der Waals surface area contributed by atoms with Gasteiger partial charge < -0.3 is 9.80 Å². The number of benzene rings is 1. The molecule has 0 unspecified atom stereocenters. The second-order valence-electron chi connectivity index (χ2n) is 7.42. The molecular weight excluding hydrogens is 326 g/mol. The van der Waals surface area contributed by atoms with Crippen molar-refractivity contribution in [2.75, 3.05) is 20.1 Å². The third-order valence-corrected chi connectivity index (χ3v) is 5.40. The van der Waals surface area contributed by atoms with Gasteiger partial charge in [0.2, 0.25) is 5.91 Å². The first-order chi connectivity index (χ1) is 12.4. The molecule has 0 saturated carbocycles. The standard InChI is InChI=1S/C21H27N3O2/c1-14(2)23(4)20(25)16-9-11-24(12-10-16)21(26)18-13-17-7-5-6-8-19(17)22-15(18)3/h5-8,13-14,16H,9-12H2,1-4H3. The number of aryl methyl sites for hydroxylation is 1. The number of pyridine rings is 1. The SMILES string of the molecule is Cc1nc2ccccc2cc1C(=O)N1CCC(C(=O)N(C)C(C)C)CC1. The summed E-state index contributed by atoms with van der Waals surface area (Å²) in [7, 11) is 1.86. The Balaban J connectivity index is 1.71. The Hall–Kier alpha value is -2.43. The van der Waals surface area contributed by atoms with Crippen molar-refractivity contribution in [3.05, 3.63) is 41.6 Å². The second-order valence-corrected chi connectivity index (χ2v) is 7.42. The fraction of sp³-hybridized carbons (Fsp3) is 0.476. The predicted octanol–water partition coefficient (Wildman–Crippen LogP) is 3.26. The number of para-hydroxylation sites is 1. The molecule has 1 aromatic heterocycles. The van der Waals surface area contributed by atoms with Crippen molar-refractivity contribution in [3.63, 3.8) is 0 Å². The van der Waals surface area contributed by atoms with Crippen LogP contribution in [0.15, 0.2) is 30.3 Å². The summed E-state index contributed by atoms with van der Waals surface area (Å²) in [6.45, 7) is 7.16. The number of carbonyl (C=O) groups is 2. The number of rotatable bonds is 3. The van der Waals surface area contributed by atoms with Gasteiger partial charge in [-0.3, -0.25) is 14.6 Å². The molecule has 0 N–H and O–H groups in total. The van der Waals surface area contributed by atoms with Crippen molar-refractivity contribution >= 4 is 22.7 Å². The smallest absolute Gasteiger partial charge is 0.255 e. The molecule has 26 heavy (non-hydrogen) atoms. The van der Waals surface area contributed by atoms with Crippen LogP contribution >= 0.6 is 0 Å². The van der Waals surface area contributed by atoms with Crippen LogP contribution in [0.2, 0.25) is 0 Å². The van der Waals surface area contributed by atoms with Gasteiger partial charge in [0.05, 0.1) is 16.8 Å². The fourth-order valence-corrected chi connectivity index (χ4v) is 3.47. The highest BCUT2D eigenvalue weighted by atomic mass is 16.2. The average molecular weight is 353 g/mol. The van der Waals surface area contributed by atoms with Crippen molar-refractivity contribution in [2.24, 2.45) is 5.92 Å². The van der Waals surface area contributed by atoms with Crippen LogP contribution in [0.25, 0.3) is 10.9 Å². The van der Waals surface area contributed by atoms with Crippen LogP contribution < -0.4 is 0 Å². The van der Waals surface area contributed by atoms with Crippen LogP contribution in [0.4, 0.5) is 0 Å². The Morgan fingerprint density at radius 3 is 2.50 bits per heavy atom. The molecule has 0 radical (unpaired) electrons. The minimum Gasteiger partial charge on any atom is -0.343 e. The minimum absolute atomic E-state index is 0.0160. The Morgan fingerprint density at radius 1 is 1.19 bits per heavy atom. The molecule has 1 aliphatic rings. The molecule has 1 aliphatic heterocycles. The lowest BCUT2D eigenvalue weighted by molar-refractivity contribution is -0.137. The van der Waals surface area contributed by atoms with Gasteiger partial charge in [0.25, 0.3) is 5.91 Å². The number of fused-ring (bicyclic) bond motifs is 1. The highest BCUT2D eigenvalue weighted by Crippen LogP contribution is 2.23. The van der Waals surface area contributed by atoms with Crippen LogP contribution in [0.3, 0.4) is 0 Å². The zero-order valence-corrected chi connectivity index (χ0v) is 16.0. The van der Waals surface area contributed by atoms with Crippen molar-refractivity contribution < 1.29 is 9.59 Å². The highest BCUT2D eigenvalue weighted by molar-refractivity contribution is 5.98. The first-order valence-electron chi connectivity index (χ1n) is 9.31. The van der Waals surface area contributed by atoms with Gasteiger partial charge >= 0.3 is 0 Å². The first-order valence-corrected chi connectivity index (χ1v) is 9.31. The number of likely N-dealkylation sites (tertiary alicyclic amines) is 1. The lowest BCUT2D eigenvalue weighted by atomic mass is 9.94. The van der Waals surface area contributed by atoms with Crippen molar-refractivity contribution in [1.82, 2.24) is 14.8 Å². The van der Waals surface area contributed by atoms with E-state index >= 15 is 0 Å². The van der Waals surface area contributed by atoms with E-state index < -0.39 is 0 Å². The van der Waals surface area contributed by atoms with Crippen molar-refractivity contribution in [1.29, 1.82) is 0 Å². The molecule has 0 atom stereocenters. The Morgan fingerprint density at radius 2 is 1.85 bits per heavy atom. The van der Waals surface area contributed by atoms with E-state index in [9.17, 15) is 9.59 Å². The summed E-state index contributed by atoms with van der Waals surface area (Å²) in [6, 6.07) is 9.98. The molecular formula is C21H27N3O2. The van der Waals surface area contributed by atoms with Crippen molar-refractivity contribution in [3.8, 4) is 0 Å². The number of nitrogens with zero attached hydrogens (tertiary/aromatic N) is 3. The van der Waals surface area contributed by atoms with E-state index in [1.807, 2.05) is 63.1 Å². The van der Waals surface area contributed by atoms with E-state index in [0.29, 0.717) is 18.7 Å². The second kappa shape index (κ2) is 7.44. The van der Waals surface area contributed by atoms with Crippen molar-refractivity contribution in [2.45, 2.75) is 39.7 Å². The van der Waals surface area contributed by atoms with E-state index in [1.165, 1.54) is 0 Å². The lowest BCUT2D eigenvalue weighted by Crippen LogP contribution is -2.45. The zero-order chi connectivity index (χ0) is 18.8. The monoisotopic (exact) mass is 353 g/mol. The van der Waals surface area contributed by atoms with E-state index in [1.54, 1.807) is 4.90 Å². The van der Waals surface area contributed by atoms with Gasteiger partial charge in [0.15, 0.2) is 0 Å². The summed E-state index contributed by atoms with van der Waals surface area (Å²) < 4.78 is 0. The molecule has 0 spiro atoms. The van der Waals surface area contributed by atoms with Crippen LogP contribution in [0, 0.1) is 12.8 Å². The molecule has 1 aromatic carbocycles. The fourth-order valence-electron chi connectivity index (χ4n) is 3.47. The Bertz CT molecular complexity index is 823. The van der Waals surface area contributed by atoms with Crippen LogP contribution in [0.5, 0.6) is 0 Å². The molecule has 5 nitrogen and oxygen atoms in total. The molecule has 1 saturated heterocycles. The quantitative estimate of drug-likeness (QED) is 0.851. The van der Waals surface area contributed by atoms with Gasteiger partial charge in [-0.2, -0.15) is 0 Å². The number of aromatic nitrogens is 1. The van der Waals surface area contributed by atoms with Crippen LogP contribution in [0.1, 0.15) is 42.7 Å². The summed E-state index contributed by atoms with van der Waals surface area (Å²) in [4.78, 5) is 33.7. The predicted molar refractivity (Wildman–Crippen MR) is 103 cm³/mol. The largest absolute Gasteiger partial charge is 0.343 e. The molecule has 3 rings (SSSR count). The lowest BCUT2D eigenvalue weighted by Gasteiger charge is -2.34. The molecule has 1 fully saturated rings. The molecule has 5 heteroatoms. The van der Waals surface area contributed by atoms with E-state index in [4.69, 9.17) is 0 Å². The van der Waals surface area contributed by atoms with Crippen LogP contribution in [-0.4, -0.2) is 52.8 Å². The summed E-state index contributed by atoms with van der Waals surface area (Å²) in [6.07, 6.45) is 1.45. The topological polar surface area (TPSA) is 53.5 Å². The molecule has 0 aliphatic carbocycles. The maximum absolute atomic E-state index is 13.0. The number of piperidine rings is 1. The Labute approximate surface area is 155 Å². The summed E-state index contributed by atoms with van der Waals surface area (Å²) in [5.41, 5.74) is 2.32. The van der Waals surface area contributed by atoms with E-state index in [0.717, 1.165) is 29.4 Å². The summed E-state index contributed by atoms with van der Waals surface area (Å²) in [5, 5.41) is 0.977. The van der Waals surface area contributed by atoms with Gasteiger partial charge in [0.1, 0.15) is 0 Å². The number of hydrogen-bond acceptors (Lipinski definition) is 3. The highest BCUT2D eigenvalue weighted by Gasteiger charge is 2.30. The maximum Gasteiger partial charge on any atom is 0.255 e. The minimum atomic E-state index is 0.0160. The first kappa shape index (κ1) is 18.4. The third-order valence-electron chi connectivity index (χ3n) is 5.40. The molecule has 0 bridgehead atoms. The summed E-state index contributed by atoms with van der Waals surface area (Å²) in [5.74, 6) is 0.224. The average Bonchev–Trinajstić information content (AvgIpc) is 2.65. The van der Waals surface area contributed by atoms with E-state index in [-0.39, 0.29) is 23.8 Å². The van der Waals surface area contributed by atoms with Gasteiger partial charge in [-0.15, -0.1) is 0 Å². The van der Waals surface area contributed by atoms with Crippen LogP contribution in [-0.2, 0) is 4.79 Å². The normalized spacial score (nSPS) is 15.5. The van der Waals surface area contributed by atoms with Gasteiger partial charge in [0, 0.05) is 37.5 Å². The number of carbonyl (C=O) groups excluding carboxylic acids is 2. The maximum atomic E-state index is 13.0. The number of amides is 2. The van der Waals surface area contributed by atoms with Gasteiger partial charge in [-0.05, 0) is 45.7 Å². The zero-order valence-electron chi connectivity index (χ0n) is 16.0. The third kappa shape index (κ3) is 3.57. The molecule has 2 amide bonds. The molecule has 2 heterocycles. The van der Waals surface area contributed by atoms with Gasteiger partial charge in [-0.1, -0.05) is 18.2 Å². The number of hydrogen-bond donors (Lipinski definition) is 0. The molecule has 138 valence electrons. The van der Waals surface area contributed by atoms with E-state index in [2.05, 4.69) is 4.98 Å². The Kier molecular flexibility index (Phi) is 5.25.